The molecule has 0 aliphatic heterocycles. The molecule has 0 saturated heterocycles. The lowest BCUT2D eigenvalue weighted by Gasteiger charge is -2.05. The van der Waals surface area contributed by atoms with Crippen molar-refractivity contribution in [2.45, 2.75) is 30.6 Å². The van der Waals surface area contributed by atoms with Gasteiger partial charge in [0.15, 0.2) is 0 Å². The van der Waals surface area contributed by atoms with Gasteiger partial charge in [-0.25, -0.2) is 9.69 Å². The molecule has 2 amide bonds. The summed E-state index contributed by atoms with van der Waals surface area (Å²) in [5.41, 5.74) is 2.12. The van der Waals surface area contributed by atoms with Crippen molar-refractivity contribution in [1.82, 2.24) is 10.8 Å². The first-order chi connectivity index (χ1) is 10.0. The first-order valence-electron chi connectivity index (χ1n) is 6.37. The molecular weight excluding hydrogens is 316 g/mol. The van der Waals surface area contributed by atoms with Crippen molar-refractivity contribution in [3.05, 3.63) is 29.3 Å². The summed E-state index contributed by atoms with van der Waals surface area (Å²) >= 11 is 3.95. The summed E-state index contributed by atoms with van der Waals surface area (Å²) in [7, 11) is 1.56. The number of carbonyl (C=O) groups excluding carboxylic acids is 2. The predicted molar refractivity (Wildman–Crippen MR) is 79.6 cm³/mol. The second-order valence-electron chi connectivity index (χ2n) is 4.18. The van der Waals surface area contributed by atoms with Gasteiger partial charge in [-0.2, -0.15) is 4.28 Å². The standard InChI is InChI=1S/C13H17ClN2O4S/c1-15-12(17)7-2-3-8-13(18)16-20-21(19)11-6-4-5-10(14)9-11/h4-6,9H,2-3,7-8H2,1H3,(H,15,17)(H,16,18). The van der Waals surface area contributed by atoms with Crippen LogP contribution in [0.5, 0.6) is 0 Å². The van der Waals surface area contributed by atoms with Crippen LogP contribution in [0.4, 0.5) is 0 Å². The summed E-state index contributed by atoms with van der Waals surface area (Å²) in [6.07, 6.45) is 1.72. The number of hydroxylamine groups is 1. The average Bonchev–Trinajstić information content (AvgIpc) is 2.48. The molecule has 0 heterocycles. The molecule has 1 rings (SSSR count). The Morgan fingerprint density at radius 3 is 2.52 bits per heavy atom. The van der Waals surface area contributed by atoms with E-state index in [1.165, 1.54) is 6.07 Å². The molecule has 8 heteroatoms. The van der Waals surface area contributed by atoms with Crippen LogP contribution < -0.4 is 10.8 Å². The summed E-state index contributed by atoms with van der Waals surface area (Å²) in [4.78, 5) is 22.8. The van der Waals surface area contributed by atoms with Gasteiger partial charge < -0.3 is 5.32 Å². The fourth-order valence-corrected chi connectivity index (χ4v) is 2.38. The third-order valence-corrected chi connectivity index (χ3v) is 3.66. The zero-order valence-electron chi connectivity index (χ0n) is 11.6. The average molecular weight is 333 g/mol. The highest BCUT2D eigenvalue weighted by atomic mass is 35.5. The number of hydrogen-bond donors (Lipinski definition) is 2. The lowest BCUT2D eigenvalue weighted by atomic mass is 10.2. The van der Waals surface area contributed by atoms with E-state index in [9.17, 15) is 13.8 Å². The fraction of sp³-hybridized carbons (Fsp3) is 0.385. The van der Waals surface area contributed by atoms with Crippen molar-refractivity contribution in [1.29, 1.82) is 0 Å². The van der Waals surface area contributed by atoms with Crippen LogP contribution in [0.15, 0.2) is 29.2 Å². The Bertz CT molecular complexity index is 525. The smallest absolute Gasteiger partial charge is 0.244 e. The SMILES string of the molecule is CNC(=O)CCCCC(=O)NOS(=O)c1cccc(Cl)c1. The molecule has 1 atom stereocenters. The number of halogens is 1. The number of nitrogens with one attached hydrogen (secondary N) is 2. The van der Waals surface area contributed by atoms with E-state index in [0.29, 0.717) is 29.2 Å². The quantitative estimate of drug-likeness (QED) is 0.560. The van der Waals surface area contributed by atoms with Gasteiger partial charge in [0.2, 0.25) is 22.9 Å². The maximum absolute atomic E-state index is 11.7. The van der Waals surface area contributed by atoms with E-state index in [1.54, 1.807) is 25.2 Å². The number of hydrogen-bond acceptors (Lipinski definition) is 4. The molecule has 116 valence electrons. The van der Waals surface area contributed by atoms with Crippen LogP contribution in [0.2, 0.25) is 5.02 Å². The highest BCUT2D eigenvalue weighted by molar-refractivity contribution is 7.80. The zero-order chi connectivity index (χ0) is 15.7. The van der Waals surface area contributed by atoms with E-state index < -0.39 is 11.1 Å². The summed E-state index contributed by atoms with van der Waals surface area (Å²) in [6.45, 7) is 0. The molecule has 0 aliphatic rings. The predicted octanol–water partition coefficient (Wildman–Crippen LogP) is 1.72. The third kappa shape index (κ3) is 7.22. The first kappa shape index (κ1) is 17.6. The number of rotatable bonds is 8. The van der Waals surface area contributed by atoms with Crippen LogP contribution in [0.1, 0.15) is 25.7 Å². The van der Waals surface area contributed by atoms with Crippen molar-refractivity contribution in [3.63, 3.8) is 0 Å². The van der Waals surface area contributed by atoms with Crippen molar-refractivity contribution in [3.8, 4) is 0 Å². The number of amides is 2. The van der Waals surface area contributed by atoms with E-state index in [0.717, 1.165) is 0 Å². The van der Waals surface area contributed by atoms with E-state index in [4.69, 9.17) is 15.9 Å². The normalized spacial score (nSPS) is 11.7. The van der Waals surface area contributed by atoms with E-state index >= 15 is 0 Å². The molecule has 6 nitrogen and oxygen atoms in total. The molecule has 2 N–H and O–H groups in total. The Kier molecular flexibility index (Phi) is 7.96. The van der Waals surface area contributed by atoms with Gasteiger partial charge >= 0.3 is 0 Å². The number of unbranched alkanes of at least 4 members (excludes halogenated alkanes) is 1. The molecule has 0 spiro atoms. The molecule has 0 fully saturated rings. The summed E-state index contributed by atoms with van der Waals surface area (Å²) < 4.78 is 16.5. The third-order valence-electron chi connectivity index (χ3n) is 2.56. The van der Waals surface area contributed by atoms with Crippen LogP contribution >= 0.6 is 11.6 Å². The molecule has 1 aromatic rings. The molecule has 0 radical (unpaired) electrons. The highest BCUT2D eigenvalue weighted by Crippen LogP contribution is 2.14. The monoisotopic (exact) mass is 332 g/mol. The van der Waals surface area contributed by atoms with Crippen LogP contribution in [0, 0.1) is 0 Å². The van der Waals surface area contributed by atoms with Crippen molar-refractivity contribution in [2.24, 2.45) is 0 Å². The van der Waals surface area contributed by atoms with Crippen molar-refractivity contribution in [2.75, 3.05) is 7.05 Å². The second-order valence-corrected chi connectivity index (χ2v) is 5.72. The Morgan fingerprint density at radius 1 is 1.24 bits per heavy atom. The Morgan fingerprint density at radius 2 is 1.90 bits per heavy atom. The molecular formula is C13H17ClN2O4S. The molecule has 1 aromatic carbocycles. The van der Waals surface area contributed by atoms with Crippen molar-refractivity contribution < 1.29 is 18.1 Å². The zero-order valence-corrected chi connectivity index (χ0v) is 13.1. The first-order valence-corrected chi connectivity index (χ1v) is 7.82. The molecule has 0 aliphatic carbocycles. The van der Waals surface area contributed by atoms with Gasteiger partial charge in [0.1, 0.15) is 0 Å². The van der Waals surface area contributed by atoms with Gasteiger partial charge in [-0.1, -0.05) is 17.7 Å². The lowest BCUT2D eigenvalue weighted by molar-refractivity contribution is -0.127. The van der Waals surface area contributed by atoms with Crippen LogP contribution in [0.3, 0.4) is 0 Å². The Balaban J connectivity index is 2.24. The van der Waals surface area contributed by atoms with Gasteiger partial charge in [0, 0.05) is 24.9 Å². The van der Waals surface area contributed by atoms with Crippen LogP contribution in [-0.4, -0.2) is 23.1 Å². The van der Waals surface area contributed by atoms with Gasteiger partial charge in [-0.3, -0.25) is 9.59 Å². The molecule has 21 heavy (non-hydrogen) atoms. The van der Waals surface area contributed by atoms with Gasteiger partial charge in [0.05, 0.1) is 4.90 Å². The fourth-order valence-electron chi connectivity index (χ4n) is 1.45. The van der Waals surface area contributed by atoms with E-state index in [-0.39, 0.29) is 18.2 Å². The minimum atomic E-state index is -1.81. The van der Waals surface area contributed by atoms with Gasteiger partial charge in [-0.05, 0) is 31.0 Å². The summed E-state index contributed by atoms with van der Waals surface area (Å²) in [6, 6.07) is 6.36. The number of carbonyl (C=O) groups is 2. The topological polar surface area (TPSA) is 84.5 Å². The highest BCUT2D eigenvalue weighted by Gasteiger charge is 2.08. The molecule has 1 unspecified atom stereocenters. The van der Waals surface area contributed by atoms with Crippen LogP contribution in [0.25, 0.3) is 0 Å². The molecule has 0 aromatic heterocycles. The maximum Gasteiger partial charge on any atom is 0.244 e. The summed E-state index contributed by atoms with van der Waals surface area (Å²) in [5.74, 6) is -0.448. The Hall–Kier alpha value is -1.44. The minimum absolute atomic E-state index is 0.0614. The number of benzene rings is 1. The molecule has 0 saturated carbocycles. The molecule has 0 bridgehead atoms. The largest absolute Gasteiger partial charge is 0.359 e. The lowest BCUT2D eigenvalue weighted by Crippen LogP contribution is -2.24. The van der Waals surface area contributed by atoms with Gasteiger partial charge in [0.25, 0.3) is 0 Å². The van der Waals surface area contributed by atoms with Gasteiger partial charge in [-0.15, -0.1) is 0 Å². The minimum Gasteiger partial charge on any atom is -0.359 e. The second kappa shape index (κ2) is 9.49. The summed E-state index contributed by atoms with van der Waals surface area (Å²) in [5, 5.41) is 2.94. The van der Waals surface area contributed by atoms with E-state index in [2.05, 4.69) is 10.8 Å². The Labute approximate surface area is 130 Å². The maximum atomic E-state index is 11.7. The van der Waals surface area contributed by atoms with Crippen molar-refractivity contribution >= 4 is 34.5 Å². The van der Waals surface area contributed by atoms with Crippen LogP contribution in [-0.2, 0) is 25.0 Å². The van der Waals surface area contributed by atoms with E-state index in [1.807, 2.05) is 0 Å².